The number of likely N-dealkylation sites (tertiary alicyclic amines) is 1. The van der Waals surface area contributed by atoms with Crippen molar-refractivity contribution in [1.29, 1.82) is 0 Å². The number of carboxylic acids is 1. The fourth-order valence-corrected chi connectivity index (χ4v) is 2.39. The molecule has 21 heavy (non-hydrogen) atoms. The maximum absolute atomic E-state index is 12.0. The molecule has 1 aliphatic heterocycles. The molecule has 7 heteroatoms. The van der Waals surface area contributed by atoms with Crippen LogP contribution in [0.4, 0.5) is 4.79 Å². The molecule has 0 aliphatic carbocycles. The quantitative estimate of drug-likeness (QED) is 0.644. The predicted octanol–water partition coefficient (Wildman–Crippen LogP) is 0.784. The van der Waals surface area contributed by atoms with Gasteiger partial charge in [-0.05, 0) is 32.1 Å². The minimum Gasteiger partial charge on any atom is -0.481 e. The number of rotatable bonds is 7. The Labute approximate surface area is 124 Å². The fourth-order valence-electron chi connectivity index (χ4n) is 2.39. The van der Waals surface area contributed by atoms with Crippen LogP contribution in [0, 0.1) is 11.3 Å². The van der Waals surface area contributed by atoms with Gasteiger partial charge in [-0.1, -0.05) is 6.92 Å². The summed E-state index contributed by atoms with van der Waals surface area (Å²) in [6.45, 7) is 5.12. The molecule has 0 spiro atoms. The van der Waals surface area contributed by atoms with E-state index in [4.69, 9.17) is 10.8 Å². The highest BCUT2D eigenvalue weighted by molar-refractivity contribution is 5.83. The van der Waals surface area contributed by atoms with E-state index in [9.17, 15) is 14.4 Å². The Bertz CT molecular complexity index is 413. The number of primary amides is 1. The third-order valence-corrected chi connectivity index (χ3v) is 4.12. The van der Waals surface area contributed by atoms with E-state index in [1.54, 1.807) is 11.8 Å². The molecule has 0 aromatic rings. The fraction of sp³-hybridized carbons (Fsp3) is 0.786. The van der Waals surface area contributed by atoms with Gasteiger partial charge in [0.2, 0.25) is 5.91 Å². The Kier molecular flexibility index (Phi) is 5.99. The van der Waals surface area contributed by atoms with Gasteiger partial charge in [0.25, 0.3) is 0 Å². The molecule has 0 bridgehead atoms. The molecule has 0 radical (unpaired) electrons. The lowest BCUT2D eigenvalue weighted by Crippen LogP contribution is -2.42. The number of hydrogen-bond acceptors (Lipinski definition) is 3. The van der Waals surface area contributed by atoms with Gasteiger partial charge >= 0.3 is 12.0 Å². The van der Waals surface area contributed by atoms with Crippen molar-refractivity contribution < 1.29 is 19.5 Å². The number of nitrogens with zero attached hydrogens (tertiary/aromatic N) is 1. The largest absolute Gasteiger partial charge is 0.481 e. The minimum absolute atomic E-state index is 0.151. The van der Waals surface area contributed by atoms with Crippen LogP contribution in [0.15, 0.2) is 0 Å². The van der Waals surface area contributed by atoms with E-state index in [0.717, 1.165) is 6.42 Å². The molecular weight excluding hydrogens is 274 g/mol. The molecule has 7 nitrogen and oxygen atoms in total. The van der Waals surface area contributed by atoms with Crippen LogP contribution in [0.3, 0.4) is 0 Å². The smallest absolute Gasteiger partial charge is 0.317 e. The summed E-state index contributed by atoms with van der Waals surface area (Å²) in [5.41, 5.74) is 4.71. The first-order chi connectivity index (χ1) is 9.74. The maximum Gasteiger partial charge on any atom is 0.317 e. The van der Waals surface area contributed by atoms with Crippen molar-refractivity contribution in [3.05, 3.63) is 0 Å². The highest BCUT2D eigenvalue weighted by atomic mass is 16.4. The summed E-state index contributed by atoms with van der Waals surface area (Å²) in [5.74, 6) is -0.926. The van der Waals surface area contributed by atoms with Crippen molar-refractivity contribution in [2.24, 2.45) is 17.1 Å². The van der Waals surface area contributed by atoms with Gasteiger partial charge < -0.3 is 21.1 Å². The van der Waals surface area contributed by atoms with Crippen molar-refractivity contribution >= 4 is 17.9 Å². The number of nitrogens with one attached hydrogen (secondary N) is 1. The van der Waals surface area contributed by atoms with Crippen molar-refractivity contribution in [2.75, 3.05) is 19.6 Å². The number of urea groups is 1. The van der Waals surface area contributed by atoms with Crippen molar-refractivity contribution in [2.45, 2.75) is 39.5 Å². The normalized spacial score (nSPS) is 22.9. The van der Waals surface area contributed by atoms with Crippen LogP contribution in [0.2, 0.25) is 0 Å². The summed E-state index contributed by atoms with van der Waals surface area (Å²) < 4.78 is 0. The van der Waals surface area contributed by atoms with Crippen molar-refractivity contribution in [3.63, 3.8) is 0 Å². The summed E-state index contributed by atoms with van der Waals surface area (Å²) in [7, 11) is 0. The number of carboxylic acid groups (broad SMARTS) is 1. The van der Waals surface area contributed by atoms with Crippen molar-refractivity contribution in [3.8, 4) is 0 Å². The second kappa shape index (κ2) is 7.28. The Morgan fingerprint density at radius 1 is 1.38 bits per heavy atom. The zero-order chi connectivity index (χ0) is 16.0. The van der Waals surface area contributed by atoms with Gasteiger partial charge in [-0.15, -0.1) is 0 Å². The molecule has 0 aromatic heterocycles. The second-order valence-electron chi connectivity index (χ2n) is 6.15. The summed E-state index contributed by atoms with van der Waals surface area (Å²) in [6.07, 6.45) is 2.08. The first-order valence-corrected chi connectivity index (χ1v) is 7.29. The molecular formula is C14H25N3O4. The van der Waals surface area contributed by atoms with Gasteiger partial charge in [0.1, 0.15) is 0 Å². The monoisotopic (exact) mass is 299 g/mol. The van der Waals surface area contributed by atoms with Crippen LogP contribution in [0.25, 0.3) is 0 Å². The van der Waals surface area contributed by atoms with E-state index >= 15 is 0 Å². The Morgan fingerprint density at radius 2 is 2.05 bits per heavy atom. The highest BCUT2D eigenvalue weighted by Gasteiger charge is 2.40. The first-order valence-electron chi connectivity index (χ1n) is 7.29. The standard InChI is InChI=1S/C14H25N3O4/c1-10(3-4-11(18)19)5-7-16-13(21)17-8-6-14(2,9-17)12(15)20/h10H,3-9H2,1-2H3,(H2,15,20)(H,16,21)(H,18,19). The summed E-state index contributed by atoms with van der Waals surface area (Å²) in [6, 6.07) is -0.189. The van der Waals surface area contributed by atoms with E-state index in [2.05, 4.69) is 5.32 Å². The maximum atomic E-state index is 12.0. The second-order valence-corrected chi connectivity index (χ2v) is 6.15. The lowest BCUT2D eigenvalue weighted by molar-refractivity contribution is -0.137. The van der Waals surface area contributed by atoms with E-state index in [0.29, 0.717) is 32.5 Å². The molecule has 1 aliphatic rings. The summed E-state index contributed by atoms with van der Waals surface area (Å²) in [5, 5.41) is 11.4. The number of amides is 3. The molecule has 4 N–H and O–H groups in total. The molecule has 0 aromatic carbocycles. The number of nitrogens with two attached hydrogens (primary N) is 1. The molecule has 1 heterocycles. The third-order valence-electron chi connectivity index (χ3n) is 4.12. The molecule has 0 saturated carbocycles. The molecule has 1 saturated heterocycles. The van der Waals surface area contributed by atoms with Crippen LogP contribution in [0.5, 0.6) is 0 Å². The lowest BCUT2D eigenvalue weighted by Gasteiger charge is -2.21. The Morgan fingerprint density at radius 3 is 2.57 bits per heavy atom. The topological polar surface area (TPSA) is 113 Å². The van der Waals surface area contributed by atoms with Crippen LogP contribution in [-0.2, 0) is 9.59 Å². The molecule has 3 amide bonds. The molecule has 120 valence electrons. The lowest BCUT2D eigenvalue weighted by atomic mass is 9.89. The van der Waals surface area contributed by atoms with Crippen LogP contribution in [0.1, 0.15) is 39.5 Å². The number of carbonyl (C=O) groups is 3. The molecule has 1 fully saturated rings. The zero-order valence-electron chi connectivity index (χ0n) is 12.7. The van der Waals surface area contributed by atoms with Gasteiger partial charge in [0.05, 0.1) is 5.41 Å². The van der Waals surface area contributed by atoms with Gasteiger partial charge in [-0.3, -0.25) is 9.59 Å². The van der Waals surface area contributed by atoms with Gasteiger partial charge in [0, 0.05) is 26.1 Å². The van der Waals surface area contributed by atoms with Gasteiger partial charge in [-0.2, -0.15) is 0 Å². The molecule has 2 atom stereocenters. The first kappa shape index (κ1) is 17.3. The SMILES string of the molecule is CC(CCNC(=O)N1CCC(C)(C(N)=O)C1)CCC(=O)O. The number of aliphatic carboxylic acids is 1. The number of carbonyl (C=O) groups excluding carboxylic acids is 2. The van der Waals surface area contributed by atoms with Gasteiger partial charge in [0.15, 0.2) is 0 Å². The predicted molar refractivity (Wildman–Crippen MR) is 77.5 cm³/mol. The van der Waals surface area contributed by atoms with Crippen LogP contribution >= 0.6 is 0 Å². The Hall–Kier alpha value is -1.79. The van der Waals surface area contributed by atoms with Crippen LogP contribution in [-0.4, -0.2) is 47.5 Å². The van der Waals surface area contributed by atoms with E-state index in [1.165, 1.54) is 0 Å². The Balaban J connectivity index is 2.26. The van der Waals surface area contributed by atoms with E-state index < -0.39 is 11.4 Å². The zero-order valence-corrected chi connectivity index (χ0v) is 12.7. The highest BCUT2D eigenvalue weighted by Crippen LogP contribution is 2.29. The van der Waals surface area contributed by atoms with Crippen LogP contribution < -0.4 is 11.1 Å². The van der Waals surface area contributed by atoms with Crippen molar-refractivity contribution in [1.82, 2.24) is 10.2 Å². The summed E-state index contributed by atoms with van der Waals surface area (Å²) >= 11 is 0. The van der Waals surface area contributed by atoms with Gasteiger partial charge in [-0.25, -0.2) is 4.79 Å². The number of hydrogen-bond donors (Lipinski definition) is 3. The van der Waals surface area contributed by atoms with E-state index in [-0.39, 0.29) is 24.3 Å². The molecule has 2 unspecified atom stereocenters. The molecule has 1 rings (SSSR count). The average molecular weight is 299 g/mol. The average Bonchev–Trinajstić information content (AvgIpc) is 2.80. The summed E-state index contributed by atoms with van der Waals surface area (Å²) in [4.78, 5) is 35.4. The minimum atomic E-state index is -0.798. The third kappa shape index (κ3) is 5.24. The van der Waals surface area contributed by atoms with E-state index in [1.807, 2.05) is 6.92 Å².